The fourth-order valence-corrected chi connectivity index (χ4v) is 3.61. The van der Waals surface area contributed by atoms with Gasteiger partial charge in [-0.15, -0.1) is 0 Å². The van der Waals surface area contributed by atoms with Gasteiger partial charge in [0.1, 0.15) is 18.1 Å². The van der Waals surface area contributed by atoms with Crippen molar-refractivity contribution in [1.82, 2.24) is 0 Å². The molecule has 0 radical (unpaired) electrons. The minimum atomic E-state index is -2.87. The maximum Gasteiger partial charge on any atom is 0.310 e. The lowest BCUT2D eigenvalue weighted by Gasteiger charge is -2.19. The Bertz CT molecular complexity index is 1010. The van der Waals surface area contributed by atoms with Gasteiger partial charge < -0.3 is 9.47 Å². The van der Waals surface area contributed by atoms with Crippen LogP contribution in [-0.2, 0) is 22.6 Å². The Morgan fingerprint density at radius 2 is 1.58 bits per heavy atom. The summed E-state index contributed by atoms with van der Waals surface area (Å²) in [4.78, 5) is 12.7. The standard InChI is InChI=1S/C25H24F2O3S/c1-18(2)25(26,27)31-23-13-7-8-19(15-23)16-24(28)29-17-20-9-6-12-22(14-20)30-21-10-4-3-5-11-21/h3-15,18H,16-17H2,1-2H3. The topological polar surface area (TPSA) is 35.5 Å². The SMILES string of the molecule is CC(C)C(F)(F)Sc1cccc(CC(=O)OCc2cccc(Oc3ccccc3)c2)c1. The van der Waals surface area contributed by atoms with Crippen molar-refractivity contribution in [3.05, 3.63) is 90.0 Å². The van der Waals surface area contributed by atoms with E-state index < -0.39 is 17.1 Å². The second-order valence-electron chi connectivity index (χ2n) is 7.37. The van der Waals surface area contributed by atoms with E-state index in [4.69, 9.17) is 9.47 Å². The molecule has 0 atom stereocenters. The molecule has 31 heavy (non-hydrogen) atoms. The second-order valence-corrected chi connectivity index (χ2v) is 8.59. The van der Waals surface area contributed by atoms with Crippen LogP contribution in [0.15, 0.2) is 83.8 Å². The number of rotatable bonds is 9. The van der Waals surface area contributed by atoms with E-state index in [1.807, 2.05) is 54.6 Å². The summed E-state index contributed by atoms with van der Waals surface area (Å²) in [5.74, 6) is 0.160. The monoisotopic (exact) mass is 442 g/mol. The minimum absolute atomic E-state index is 0.0157. The van der Waals surface area contributed by atoms with Gasteiger partial charge in [-0.1, -0.05) is 68.1 Å². The van der Waals surface area contributed by atoms with Gasteiger partial charge in [0.05, 0.1) is 6.42 Å². The summed E-state index contributed by atoms with van der Waals surface area (Å²) in [5.41, 5.74) is 1.43. The van der Waals surface area contributed by atoms with E-state index in [2.05, 4.69) is 0 Å². The van der Waals surface area contributed by atoms with Crippen LogP contribution in [0.3, 0.4) is 0 Å². The van der Waals surface area contributed by atoms with Crippen molar-refractivity contribution in [3.8, 4) is 11.5 Å². The Labute approximate surface area is 185 Å². The fraction of sp³-hybridized carbons (Fsp3) is 0.240. The number of ether oxygens (including phenoxy) is 2. The highest BCUT2D eigenvalue weighted by molar-refractivity contribution is 8.00. The first-order valence-electron chi connectivity index (χ1n) is 9.95. The molecule has 0 unspecified atom stereocenters. The molecule has 0 aliphatic heterocycles. The average molecular weight is 443 g/mol. The number of carbonyl (C=O) groups is 1. The maximum absolute atomic E-state index is 14.0. The number of alkyl halides is 2. The maximum atomic E-state index is 14.0. The summed E-state index contributed by atoms with van der Waals surface area (Å²) in [6.45, 7) is 3.06. The Hall–Kier alpha value is -2.86. The lowest BCUT2D eigenvalue weighted by molar-refractivity contribution is -0.144. The molecule has 3 aromatic carbocycles. The molecule has 0 fully saturated rings. The molecule has 162 valence electrons. The van der Waals surface area contributed by atoms with Gasteiger partial charge in [0.15, 0.2) is 0 Å². The number of halogens is 2. The number of para-hydroxylation sites is 1. The largest absolute Gasteiger partial charge is 0.461 e. The predicted molar refractivity (Wildman–Crippen MR) is 119 cm³/mol. The van der Waals surface area contributed by atoms with Gasteiger partial charge in [-0.05, 0) is 47.5 Å². The summed E-state index contributed by atoms with van der Waals surface area (Å²) < 4.78 is 39.1. The molecule has 0 saturated heterocycles. The van der Waals surface area contributed by atoms with Crippen LogP contribution in [0.1, 0.15) is 25.0 Å². The third-order valence-corrected chi connectivity index (χ3v) is 5.68. The number of hydrogen-bond donors (Lipinski definition) is 0. The van der Waals surface area contributed by atoms with Crippen LogP contribution in [0.2, 0.25) is 0 Å². The van der Waals surface area contributed by atoms with Gasteiger partial charge in [0.25, 0.3) is 5.25 Å². The molecule has 3 rings (SSSR count). The molecule has 0 aromatic heterocycles. The minimum Gasteiger partial charge on any atom is -0.461 e. The molecular weight excluding hydrogens is 418 g/mol. The summed E-state index contributed by atoms with van der Waals surface area (Å²) >= 11 is 0.508. The quantitative estimate of drug-likeness (QED) is 0.261. The van der Waals surface area contributed by atoms with E-state index in [1.54, 1.807) is 24.3 Å². The van der Waals surface area contributed by atoms with Gasteiger partial charge >= 0.3 is 5.97 Å². The van der Waals surface area contributed by atoms with Crippen LogP contribution < -0.4 is 4.74 Å². The molecule has 3 nitrogen and oxygen atoms in total. The molecule has 0 aliphatic carbocycles. The van der Waals surface area contributed by atoms with Crippen LogP contribution >= 0.6 is 11.8 Å². The smallest absolute Gasteiger partial charge is 0.310 e. The zero-order chi connectivity index (χ0) is 22.3. The average Bonchev–Trinajstić information content (AvgIpc) is 2.73. The zero-order valence-electron chi connectivity index (χ0n) is 17.4. The van der Waals surface area contributed by atoms with E-state index in [1.165, 1.54) is 13.8 Å². The molecule has 0 bridgehead atoms. The van der Waals surface area contributed by atoms with Crippen molar-refractivity contribution < 1.29 is 23.0 Å². The lowest BCUT2D eigenvalue weighted by Crippen LogP contribution is -2.18. The summed E-state index contributed by atoms with van der Waals surface area (Å²) in [6, 6.07) is 23.3. The van der Waals surface area contributed by atoms with E-state index in [0.29, 0.717) is 28.0 Å². The molecular formula is C25H24F2O3S. The van der Waals surface area contributed by atoms with Crippen molar-refractivity contribution in [2.75, 3.05) is 0 Å². The first-order chi connectivity index (χ1) is 14.8. The van der Waals surface area contributed by atoms with Gasteiger partial charge in [-0.2, -0.15) is 8.78 Å². The van der Waals surface area contributed by atoms with Crippen LogP contribution in [0.5, 0.6) is 11.5 Å². The van der Waals surface area contributed by atoms with Crippen molar-refractivity contribution in [1.29, 1.82) is 0 Å². The Morgan fingerprint density at radius 3 is 2.32 bits per heavy atom. The fourth-order valence-electron chi connectivity index (χ4n) is 2.70. The summed E-state index contributed by atoms with van der Waals surface area (Å²) in [5, 5.41) is -2.87. The van der Waals surface area contributed by atoms with Crippen LogP contribution in [0.4, 0.5) is 8.78 Å². The van der Waals surface area contributed by atoms with E-state index in [-0.39, 0.29) is 13.0 Å². The van der Waals surface area contributed by atoms with Gasteiger partial charge in [-0.3, -0.25) is 4.79 Å². The van der Waals surface area contributed by atoms with Crippen molar-refractivity contribution in [2.45, 2.75) is 37.0 Å². The first-order valence-corrected chi connectivity index (χ1v) is 10.8. The number of thioether (sulfide) groups is 1. The number of carbonyl (C=O) groups excluding carboxylic acids is 1. The van der Waals surface area contributed by atoms with E-state index >= 15 is 0 Å². The number of benzene rings is 3. The number of esters is 1. The Kier molecular flexibility index (Phi) is 7.69. The second kappa shape index (κ2) is 10.4. The zero-order valence-corrected chi connectivity index (χ0v) is 18.2. The molecule has 0 N–H and O–H groups in total. The molecule has 6 heteroatoms. The Balaban J connectivity index is 1.55. The lowest BCUT2D eigenvalue weighted by atomic mass is 10.1. The molecule has 0 aliphatic rings. The van der Waals surface area contributed by atoms with Crippen LogP contribution in [0, 0.1) is 5.92 Å². The van der Waals surface area contributed by atoms with Crippen molar-refractivity contribution in [2.24, 2.45) is 5.92 Å². The van der Waals surface area contributed by atoms with Crippen LogP contribution in [-0.4, -0.2) is 11.2 Å². The molecule has 3 aromatic rings. The molecule has 0 amide bonds. The Morgan fingerprint density at radius 1 is 0.903 bits per heavy atom. The first kappa shape index (κ1) is 22.8. The predicted octanol–water partition coefficient (Wildman–Crippen LogP) is 7.11. The van der Waals surface area contributed by atoms with Crippen LogP contribution in [0.25, 0.3) is 0 Å². The third-order valence-electron chi connectivity index (χ3n) is 4.45. The van der Waals surface area contributed by atoms with Crippen molar-refractivity contribution >= 4 is 17.7 Å². The summed E-state index contributed by atoms with van der Waals surface area (Å²) in [7, 11) is 0. The molecule has 0 spiro atoms. The van der Waals surface area contributed by atoms with Crippen molar-refractivity contribution in [3.63, 3.8) is 0 Å². The molecule has 0 saturated carbocycles. The van der Waals surface area contributed by atoms with Gasteiger partial charge in [-0.25, -0.2) is 0 Å². The number of hydrogen-bond acceptors (Lipinski definition) is 4. The third kappa shape index (κ3) is 7.10. The summed E-state index contributed by atoms with van der Waals surface area (Å²) in [6.07, 6.45) is 0.0157. The highest BCUT2D eigenvalue weighted by Gasteiger charge is 2.34. The highest BCUT2D eigenvalue weighted by Crippen LogP contribution is 2.41. The normalized spacial score (nSPS) is 11.4. The van der Waals surface area contributed by atoms with E-state index in [0.717, 1.165) is 11.3 Å². The van der Waals surface area contributed by atoms with E-state index in [9.17, 15) is 13.6 Å². The molecule has 0 heterocycles. The van der Waals surface area contributed by atoms with Gasteiger partial charge in [0, 0.05) is 10.8 Å². The highest BCUT2D eigenvalue weighted by atomic mass is 32.2. The van der Waals surface area contributed by atoms with Gasteiger partial charge in [0.2, 0.25) is 0 Å².